The lowest BCUT2D eigenvalue weighted by atomic mass is 9.78. The first-order valence-corrected chi connectivity index (χ1v) is 5.84. The van der Waals surface area contributed by atoms with Crippen molar-refractivity contribution in [1.29, 1.82) is 0 Å². The predicted molar refractivity (Wildman–Crippen MR) is 63.0 cm³/mol. The van der Waals surface area contributed by atoms with E-state index in [1.807, 2.05) is 20.8 Å². The van der Waals surface area contributed by atoms with Crippen LogP contribution in [0.4, 0.5) is 0 Å². The lowest BCUT2D eigenvalue weighted by molar-refractivity contribution is -0.105. The molecule has 0 spiro atoms. The Morgan fingerprint density at radius 3 is 2.00 bits per heavy atom. The minimum atomic E-state index is -1.29. The Kier molecular flexibility index (Phi) is 5.90. The van der Waals surface area contributed by atoms with Gasteiger partial charge in [0, 0.05) is 13.0 Å². The van der Waals surface area contributed by atoms with E-state index in [1.165, 1.54) is 6.92 Å². The standard InChI is InChI=1S/C12H26O4/c1-5-9(14)6-10(15)12(4,16)7-11(2,3)8-13/h9-10,13-16H,5-8H2,1-4H3. The molecule has 3 atom stereocenters. The van der Waals surface area contributed by atoms with E-state index in [-0.39, 0.29) is 19.4 Å². The van der Waals surface area contributed by atoms with Crippen molar-refractivity contribution in [3.8, 4) is 0 Å². The molecule has 0 heterocycles. The number of hydrogen-bond acceptors (Lipinski definition) is 4. The van der Waals surface area contributed by atoms with Crippen molar-refractivity contribution in [3.05, 3.63) is 0 Å². The van der Waals surface area contributed by atoms with Crippen LogP contribution in [0.5, 0.6) is 0 Å². The molecule has 0 saturated carbocycles. The van der Waals surface area contributed by atoms with Gasteiger partial charge in [-0.1, -0.05) is 20.8 Å². The molecule has 0 aromatic rings. The Bertz CT molecular complexity index is 201. The maximum absolute atomic E-state index is 10.1. The van der Waals surface area contributed by atoms with Crippen molar-refractivity contribution in [3.63, 3.8) is 0 Å². The number of hydrogen-bond donors (Lipinski definition) is 4. The molecule has 4 nitrogen and oxygen atoms in total. The number of aliphatic hydroxyl groups excluding tert-OH is 3. The highest BCUT2D eigenvalue weighted by molar-refractivity contribution is 4.88. The first kappa shape index (κ1) is 15.8. The second kappa shape index (κ2) is 5.96. The second-order valence-electron chi connectivity index (χ2n) is 5.67. The third-order valence-corrected chi connectivity index (χ3v) is 2.95. The van der Waals surface area contributed by atoms with Crippen LogP contribution in [0.15, 0.2) is 0 Å². The molecule has 4 heteroatoms. The van der Waals surface area contributed by atoms with Gasteiger partial charge in [-0.05, 0) is 25.2 Å². The molecule has 0 aliphatic rings. The summed E-state index contributed by atoms with van der Waals surface area (Å²) >= 11 is 0. The molecule has 0 aliphatic carbocycles. The quantitative estimate of drug-likeness (QED) is 0.522. The Morgan fingerprint density at radius 1 is 1.12 bits per heavy atom. The molecule has 0 amide bonds. The van der Waals surface area contributed by atoms with Gasteiger partial charge in [0.15, 0.2) is 0 Å². The zero-order valence-electron chi connectivity index (χ0n) is 10.8. The average molecular weight is 234 g/mol. The first-order valence-electron chi connectivity index (χ1n) is 5.84. The van der Waals surface area contributed by atoms with Crippen molar-refractivity contribution < 1.29 is 20.4 Å². The monoisotopic (exact) mass is 234 g/mol. The van der Waals surface area contributed by atoms with Gasteiger partial charge < -0.3 is 20.4 Å². The van der Waals surface area contributed by atoms with E-state index in [1.54, 1.807) is 0 Å². The van der Waals surface area contributed by atoms with Gasteiger partial charge in [-0.3, -0.25) is 0 Å². The number of aliphatic hydroxyl groups is 4. The largest absolute Gasteiger partial charge is 0.396 e. The molecule has 0 radical (unpaired) electrons. The third kappa shape index (κ3) is 5.25. The smallest absolute Gasteiger partial charge is 0.0884 e. The van der Waals surface area contributed by atoms with Crippen LogP contribution in [-0.2, 0) is 0 Å². The zero-order chi connectivity index (χ0) is 13.0. The highest BCUT2D eigenvalue weighted by atomic mass is 16.3. The summed E-state index contributed by atoms with van der Waals surface area (Å²) in [6, 6.07) is 0. The summed E-state index contributed by atoms with van der Waals surface area (Å²) in [6.07, 6.45) is -0.581. The van der Waals surface area contributed by atoms with Gasteiger partial charge >= 0.3 is 0 Å². The summed E-state index contributed by atoms with van der Waals surface area (Å²) in [6.45, 7) is 6.96. The SMILES string of the molecule is CCC(O)CC(O)C(C)(O)CC(C)(C)CO. The lowest BCUT2D eigenvalue weighted by Crippen LogP contribution is -2.45. The second-order valence-corrected chi connectivity index (χ2v) is 5.67. The third-order valence-electron chi connectivity index (χ3n) is 2.95. The minimum absolute atomic E-state index is 0.0494. The highest BCUT2D eigenvalue weighted by Gasteiger charge is 2.36. The van der Waals surface area contributed by atoms with Gasteiger partial charge in [0.2, 0.25) is 0 Å². The molecule has 0 fully saturated rings. The molecule has 16 heavy (non-hydrogen) atoms. The maximum atomic E-state index is 10.1. The Hall–Kier alpha value is -0.160. The van der Waals surface area contributed by atoms with Gasteiger partial charge in [-0.2, -0.15) is 0 Å². The Labute approximate surface area is 97.9 Å². The van der Waals surface area contributed by atoms with Crippen LogP contribution in [0.3, 0.4) is 0 Å². The highest BCUT2D eigenvalue weighted by Crippen LogP contribution is 2.31. The van der Waals surface area contributed by atoms with Gasteiger partial charge in [0.1, 0.15) is 0 Å². The van der Waals surface area contributed by atoms with Gasteiger partial charge in [0.05, 0.1) is 17.8 Å². The molecule has 0 aliphatic heterocycles. The van der Waals surface area contributed by atoms with E-state index in [9.17, 15) is 15.3 Å². The predicted octanol–water partition coefficient (Wildman–Crippen LogP) is 0.668. The molecule has 4 N–H and O–H groups in total. The van der Waals surface area contributed by atoms with Gasteiger partial charge in [-0.25, -0.2) is 0 Å². The summed E-state index contributed by atoms with van der Waals surface area (Å²) in [5.41, 5.74) is -1.73. The summed E-state index contributed by atoms with van der Waals surface area (Å²) in [7, 11) is 0. The molecule has 0 bridgehead atoms. The van der Waals surface area contributed by atoms with Gasteiger partial charge in [0.25, 0.3) is 0 Å². The van der Waals surface area contributed by atoms with Crippen LogP contribution in [-0.4, -0.2) is 44.8 Å². The number of rotatable bonds is 7. The van der Waals surface area contributed by atoms with Crippen molar-refractivity contribution in [1.82, 2.24) is 0 Å². The maximum Gasteiger partial charge on any atom is 0.0884 e. The van der Waals surface area contributed by atoms with E-state index in [0.29, 0.717) is 6.42 Å². The van der Waals surface area contributed by atoms with Crippen molar-refractivity contribution in [2.24, 2.45) is 5.41 Å². The lowest BCUT2D eigenvalue weighted by Gasteiger charge is -2.36. The van der Waals surface area contributed by atoms with E-state index >= 15 is 0 Å². The summed E-state index contributed by atoms with van der Waals surface area (Å²) in [5.74, 6) is 0. The molecular formula is C12H26O4. The van der Waals surface area contributed by atoms with E-state index in [4.69, 9.17) is 5.11 Å². The molecule has 3 unspecified atom stereocenters. The van der Waals surface area contributed by atoms with E-state index in [2.05, 4.69) is 0 Å². The molecule has 0 aromatic heterocycles. The summed E-state index contributed by atoms with van der Waals surface area (Å²) < 4.78 is 0. The van der Waals surface area contributed by atoms with E-state index < -0.39 is 23.2 Å². The minimum Gasteiger partial charge on any atom is -0.396 e. The fraction of sp³-hybridized carbons (Fsp3) is 1.00. The van der Waals surface area contributed by atoms with Crippen molar-refractivity contribution >= 4 is 0 Å². The normalized spacial score (nSPS) is 20.2. The Balaban J connectivity index is 4.41. The molecule has 0 rings (SSSR count). The van der Waals surface area contributed by atoms with Crippen LogP contribution >= 0.6 is 0 Å². The Morgan fingerprint density at radius 2 is 1.62 bits per heavy atom. The summed E-state index contributed by atoms with van der Waals surface area (Å²) in [5, 5.41) is 38.5. The fourth-order valence-electron chi connectivity index (χ4n) is 1.82. The first-order chi connectivity index (χ1) is 7.14. The van der Waals surface area contributed by atoms with Gasteiger partial charge in [-0.15, -0.1) is 0 Å². The zero-order valence-corrected chi connectivity index (χ0v) is 10.8. The van der Waals surface area contributed by atoms with Crippen LogP contribution in [0.25, 0.3) is 0 Å². The molecule has 0 aromatic carbocycles. The molecular weight excluding hydrogens is 208 g/mol. The van der Waals surface area contributed by atoms with Crippen LogP contribution in [0.2, 0.25) is 0 Å². The average Bonchev–Trinajstić information content (AvgIpc) is 2.16. The molecule has 0 saturated heterocycles. The fourth-order valence-corrected chi connectivity index (χ4v) is 1.82. The van der Waals surface area contributed by atoms with Crippen molar-refractivity contribution in [2.45, 2.75) is 64.8 Å². The van der Waals surface area contributed by atoms with Crippen LogP contribution < -0.4 is 0 Å². The molecule has 98 valence electrons. The summed E-state index contributed by atoms with van der Waals surface area (Å²) in [4.78, 5) is 0. The van der Waals surface area contributed by atoms with Crippen LogP contribution in [0, 0.1) is 5.41 Å². The topological polar surface area (TPSA) is 80.9 Å². The van der Waals surface area contributed by atoms with Crippen molar-refractivity contribution in [2.75, 3.05) is 6.61 Å². The van der Waals surface area contributed by atoms with E-state index in [0.717, 1.165) is 0 Å². The van der Waals surface area contributed by atoms with Crippen LogP contribution in [0.1, 0.15) is 47.0 Å².